The summed E-state index contributed by atoms with van der Waals surface area (Å²) in [7, 11) is 0. The smallest absolute Gasteiger partial charge is 0.154 e. The van der Waals surface area contributed by atoms with Crippen LogP contribution in [-0.2, 0) is 0 Å². The number of benzene rings is 5. The monoisotopic (exact) mass is 452 g/mol. The molecule has 0 saturated carbocycles. The second-order valence-electron chi connectivity index (χ2n) is 7.19. The third-order valence-electron chi connectivity index (χ3n) is 5.55. The van der Waals surface area contributed by atoms with Crippen molar-refractivity contribution in [1.82, 2.24) is 0 Å². The number of phenolic OH excluding ortho intramolecular Hbond substituents is 1. The molecule has 0 aliphatic rings. The predicted octanol–water partition coefficient (Wildman–Crippen LogP) is 7.61. The highest BCUT2D eigenvalue weighted by Crippen LogP contribution is 2.47. The average Bonchev–Trinajstić information content (AvgIpc) is 2.81. The highest BCUT2D eigenvalue weighted by atomic mass is 79.9. The molecular weight excluding hydrogens is 436 g/mol. The number of rotatable bonds is 3. The molecule has 0 unspecified atom stereocenters. The molecule has 30 heavy (non-hydrogen) atoms. The molecule has 5 aromatic rings. The minimum atomic E-state index is -0.0364. The SMILES string of the molecule is O=Cc1c(O)c(Br)c2ccccc2c1-c1c(-c2ccccc2)ccc2ccccc12. The van der Waals surface area contributed by atoms with Gasteiger partial charge in [-0.2, -0.15) is 0 Å². The zero-order chi connectivity index (χ0) is 20.7. The number of phenols is 1. The lowest BCUT2D eigenvalue weighted by molar-refractivity contribution is 0.112. The van der Waals surface area contributed by atoms with E-state index in [2.05, 4.69) is 52.3 Å². The molecule has 0 aromatic heterocycles. The van der Waals surface area contributed by atoms with Gasteiger partial charge in [-0.3, -0.25) is 4.79 Å². The van der Waals surface area contributed by atoms with Crippen LogP contribution in [0.2, 0.25) is 0 Å². The van der Waals surface area contributed by atoms with Crippen LogP contribution >= 0.6 is 15.9 Å². The summed E-state index contributed by atoms with van der Waals surface area (Å²) in [5.74, 6) is -0.0364. The van der Waals surface area contributed by atoms with Crippen LogP contribution in [0.15, 0.2) is 95.5 Å². The van der Waals surface area contributed by atoms with Crippen molar-refractivity contribution >= 4 is 43.8 Å². The maximum Gasteiger partial charge on any atom is 0.154 e. The molecule has 5 rings (SSSR count). The van der Waals surface area contributed by atoms with E-state index < -0.39 is 0 Å². The van der Waals surface area contributed by atoms with Crippen LogP contribution in [0, 0.1) is 0 Å². The van der Waals surface area contributed by atoms with E-state index in [4.69, 9.17) is 0 Å². The Hall–Kier alpha value is -3.43. The third-order valence-corrected chi connectivity index (χ3v) is 6.35. The largest absolute Gasteiger partial charge is 0.506 e. The molecule has 0 aliphatic heterocycles. The minimum absolute atomic E-state index is 0.0364. The molecule has 2 nitrogen and oxygen atoms in total. The van der Waals surface area contributed by atoms with Gasteiger partial charge >= 0.3 is 0 Å². The van der Waals surface area contributed by atoms with Crippen molar-refractivity contribution in [3.63, 3.8) is 0 Å². The highest BCUT2D eigenvalue weighted by Gasteiger charge is 2.22. The van der Waals surface area contributed by atoms with Crippen molar-refractivity contribution in [2.45, 2.75) is 0 Å². The standard InChI is InChI=1S/C27H17BrO2/c28-26-22-13-7-6-12-21(22)25(23(16-29)27(26)30)24-19-11-5-4-10-18(19)14-15-20(24)17-8-2-1-3-9-17/h1-16,30H. The van der Waals surface area contributed by atoms with E-state index in [1.54, 1.807) is 0 Å². The minimum Gasteiger partial charge on any atom is -0.506 e. The molecule has 0 aliphatic carbocycles. The fourth-order valence-corrected chi connectivity index (χ4v) is 4.74. The summed E-state index contributed by atoms with van der Waals surface area (Å²) < 4.78 is 0.533. The second-order valence-corrected chi connectivity index (χ2v) is 7.98. The predicted molar refractivity (Wildman–Crippen MR) is 127 cm³/mol. The molecule has 3 heteroatoms. The lowest BCUT2D eigenvalue weighted by Crippen LogP contribution is -1.96. The summed E-state index contributed by atoms with van der Waals surface area (Å²) in [6.45, 7) is 0. The third kappa shape index (κ3) is 2.82. The Morgan fingerprint density at radius 2 is 1.30 bits per heavy atom. The Morgan fingerprint density at radius 3 is 2.03 bits per heavy atom. The van der Waals surface area contributed by atoms with Gasteiger partial charge in [-0.1, -0.05) is 91.0 Å². The molecule has 0 atom stereocenters. The lowest BCUT2D eigenvalue weighted by Gasteiger charge is -2.19. The summed E-state index contributed by atoms with van der Waals surface area (Å²) in [5.41, 5.74) is 4.05. The van der Waals surface area contributed by atoms with Crippen LogP contribution in [0.1, 0.15) is 10.4 Å². The van der Waals surface area contributed by atoms with Gasteiger partial charge in [-0.25, -0.2) is 0 Å². The summed E-state index contributed by atoms with van der Waals surface area (Å²) in [4.78, 5) is 12.2. The maximum absolute atomic E-state index is 12.2. The molecule has 0 fully saturated rings. The second kappa shape index (κ2) is 7.43. The van der Waals surface area contributed by atoms with Crippen LogP contribution < -0.4 is 0 Å². The first kappa shape index (κ1) is 18.6. The van der Waals surface area contributed by atoms with Gasteiger partial charge in [0.2, 0.25) is 0 Å². The molecule has 0 spiro atoms. The highest BCUT2D eigenvalue weighted by molar-refractivity contribution is 9.10. The van der Waals surface area contributed by atoms with Crippen LogP contribution in [0.3, 0.4) is 0 Å². The number of halogens is 1. The number of aldehydes is 1. The molecule has 0 amide bonds. The number of fused-ring (bicyclic) bond motifs is 2. The Bertz CT molecular complexity index is 1420. The number of carbonyl (C=O) groups excluding carboxylic acids is 1. The van der Waals surface area contributed by atoms with Crippen molar-refractivity contribution < 1.29 is 9.90 Å². The number of hydrogen-bond acceptors (Lipinski definition) is 2. The van der Waals surface area contributed by atoms with E-state index in [-0.39, 0.29) is 11.3 Å². The summed E-state index contributed by atoms with van der Waals surface area (Å²) in [6.07, 6.45) is 0.748. The molecular formula is C27H17BrO2. The van der Waals surface area contributed by atoms with Crippen LogP contribution in [-0.4, -0.2) is 11.4 Å². The normalized spacial score (nSPS) is 11.1. The van der Waals surface area contributed by atoms with E-state index >= 15 is 0 Å². The van der Waals surface area contributed by atoms with Gasteiger partial charge in [0.05, 0.1) is 10.0 Å². The van der Waals surface area contributed by atoms with Crippen molar-refractivity contribution in [1.29, 1.82) is 0 Å². The van der Waals surface area contributed by atoms with Crippen molar-refractivity contribution in [2.24, 2.45) is 0 Å². The Kier molecular flexibility index (Phi) is 4.61. The van der Waals surface area contributed by atoms with Gasteiger partial charge < -0.3 is 5.11 Å². The first-order chi connectivity index (χ1) is 14.7. The Labute approximate surface area is 182 Å². The zero-order valence-electron chi connectivity index (χ0n) is 16.0. The van der Waals surface area contributed by atoms with E-state index in [1.165, 1.54) is 0 Å². The summed E-state index contributed by atoms with van der Waals surface area (Å²) in [5, 5.41) is 14.8. The van der Waals surface area contributed by atoms with Crippen LogP contribution in [0.4, 0.5) is 0 Å². The molecule has 144 valence electrons. The van der Waals surface area contributed by atoms with Gasteiger partial charge in [0, 0.05) is 10.9 Å². The Balaban J connectivity index is 2.04. The quantitative estimate of drug-likeness (QED) is 0.286. The number of hydrogen-bond donors (Lipinski definition) is 1. The van der Waals surface area contributed by atoms with Gasteiger partial charge in [-0.15, -0.1) is 0 Å². The van der Waals surface area contributed by atoms with Gasteiger partial charge in [0.1, 0.15) is 5.75 Å². The van der Waals surface area contributed by atoms with Crippen LogP contribution in [0.25, 0.3) is 43.8 Å². The van der Waals surface area contributed by atoms with E-state index in [1.807, 2.05) is 54.6 Å². The van der Waals surface area contributed by atoms with Crippen molar-refractivity contribution in [3.8, 4) is 28.0 Å². The van der Waals surface area contributed by atoms with Crippen molar-refractivity contribution in [2.75, 3.05) is 0 Å². The zero-order valence-corrected chi connectivity index (χ0v) is 17.6. The van der Waals surface area contributed by atoms with Gasteiger partial charge in [0.15, 0.2) is 6.29 Å². The average molecular weight is 453 g/mol. The topological polar surface area (TPSA) is 37.3 Å². The summed E-state index contributed by atoms with van der Waals surface area (Å²) in [6, 6.07) is 30.3. The van der Waals surface area contributed by atoms with Crippen LogP contribution in [0.5, 0.6) is 5.75 Å². The summed E-state index contributed by atoms with van der Waals surface area (Å²) >= 11 is 3.48. The van der Waals surface area contributed by atoms with Gasteiger partial charge in [0.25, 0.3) is 0 Å². The number of aromatic hydroxyl groups is 1. The molecule has 5 aromatic carbocycles. The van der Waals surface area contributed by atoms with E-state index in [0.29, 0.717) is 4.47 Å². The molecule has 0 radical (unpaired) electrons. The molecule has 0 saturated heterocycles. The Morgan fingerprint density at radius 1 is 0.667 bits per heavy atom. The molecule has 1 N–H and O–H groups in total. The van der Waals surface area contributed by atoms with E-state index in [0.717, 1.165) is 50.1 Å². The van der Waals surface area contributed by atoms with Crippen molar-refractivity contribution in [3.05, 3.63) is 101 Å². The fourth-order valence-electron chi connectivity index (χ4n) is 4.19. The fraction of sp³-hybridized carbons (Fsp3) is 0. The lowest BCUT2D eigenvalue weighted by atomic mass is 9.85. The molecule has 0 heterocycles. The first-order valence-electron chi connectivity index (χ1n) is 9.66. The molecule has 0 bridgehead atoms. The van der Waals surface area contributed by atoms with E-state index in [9.17, 15) is 9.90 Å². The van der Waals surface area contributed by atoms with Gasteiger partial charge in [-0.05, 0) is 48.8 Å². The first-order valence-corrected chi connectivity index (χ1v) is 10.5. The maximum atomic E-state index is 12.2. The number of carbonyl (C=O) groups is 1.